The van der Waals surface area contributed by atoms with Crippen LogP contribution in [0.5, 0.6) is 5.75 Å². The van der Waals surface area contributed by atoms with Gasteiger partial charge in [0.25, 0.3) is 5.91 Å². The molecule has 158 valence electrons. The molecule has 1 aromatic heterocycles. The van der Waals surface area contributed by atoms with Crippen LogP contribution in [0.2, 0.25) is 0 Å². The monoisotopic (exact) mass is 424 g/mol. The molecule has 1 aliphatic heterocycles. The maximum absolute atomic E-state index is 12.9. The molecule has 0 saturated carbocycles. The van der Waals surface area contributed by atoms with Crippen LogP contribution in [0.15, 0.2) is 73.3 Å². The van der Waals surface area contributed by atoms with Gasteiger partial charge in [0.1, 0.15) is 5.75 Å². The number of benzene rings is 3. The van der Waals surface area contributed by atoms with Gasteiger partial charge in [0, 0.05) is 11.8 Å². The van der Waals surface area contributed by atoms with Crippen molar-refractivity contribution in [3.05, 3.63) is 84.4 Å². The molecule has 0 saturated heterocycles. The summed E-state index contributed by atoms with van der Waals surface area (Å²) in [7, 11) is 0. The SMILES string of the molecule is C=CC(=O)Nc1ccccc1C(=O)Nc1n[nH]c2cc(-c3ccc4c(c3)CCO4)ccc12. The van der Waals surface area contributed by atoms with Crippen LogP contribution in [-0.2, 0) is 11.2 Å². The van der Waals surface area contributed by atoms with Gasteiger partial charge in [-0.15, -0.1) is 0 Å². The molecule has 5 rings (SSSR count). The van der Waals surface area contributed by atoms with Gasteiger partial charge in [-0.25, -0.2) is 0 Å². The molecular weight excluding hydrogens is 404 g/mol. The van der Waals surface area contributed by atoms with E-state index in [2.05, 4.69) is 33.5 Å². The number of amides is 2. The van der Waals surface area contributed by atoms with Crippen LogP contribution >= 0.6 is 0 Å². The highest BCUT2D eigenvalue weighted by atomic mass is 16.5. The van der Waals surface area contributed by atoms with Gasteiger partial charge in [0.05, 0.1) is 23.4 Å². The van der Waals surface area contributed by atoms with E-state index in [0.29, 0.717) is 17.1 Å². The van der Waals surface area contributed by atoms with Crippen molar-refractivity contribution in [1.29, 1.82) is 0 Å². The molecule has 0 atom stereocenters. The maximum atomic E-state index is 12.9. The lowest BCUT2D eigenvalue weighted by atomic mass is 10.0. The third-order valence-corrected chi connectivity index (χ3v) is 5.43. The number of carbonyl (C=O) groups excluding carboxylic acids is 2. The molecule has 2 heterocycles. The van der Waals surface area contributed by atoms with Gasteiger partial charge in [0.15, 0.2) is 5.82 Å². The van der Waals surface area contributed by atoms with Crippen molar-refractivity contribution in [2.24, 2.45) is 0 Å². The van der Waals surface area contributed by atoms with E-state index in [9.17, 15) is 9.59 Å². The van der Waals surface area contributed by atoms with Crippen molar-refractivity contribution in [2.75, 3.05) is 17.2 Å². The number of nitrogens with zero attached hydrogens (tertiary/aromatic N) is 1. The number of para-hydroxylation sites is 1. The number of fused-ring (bicyclic) bond motifs is 2. The standard InChI is InChI=1S/C25H20N4O3/c1-2-23(30)26-20-6-4-3-5-19(20)25(31)27-24-18-9-7-16(14-21(18)28-29-24)15-8-10-22-17(13-15)11-12-32-22/h2-10,13-14H,1,11-12H2,(H,26,30)(H2,27,28,29,31). The fraction of sp³-hybridized carbons (Fsp3) is 0.0800. The fourth-order valence-corrected chi connectivity index (χ4v) is 3.81. The highest BCUT2D eigenvalue weighted by molar-refractivity contribution is 6.13. The Bertz CT molecular complexity index is 1370. The average Bonchev–Trinajstić information content (AvgIpc) is 3.45. The van der Waals surface area contributed by atoms with Crippen molar-refractivity contribution < 1.29 is 14.3 Å². The molecule has 2 amide bonds. The fourth-order valence-electron chi connectivity index (χ4n) is 3.81. The molecular formula is C25H20N4O3. The van der Waals surface area contributed by atoms with E-state index >= 15 is 0 Å². The van der Waals surface area contributed by atoms with Gasteiger partial charge in [-0.1, -0.05) is 30.8 Å². The molecule has 32 heavy (non-hydrogen) atoms. The Morgan fingerprint density at radius 1 is 1.03 bits per heavy atom. The molecule has 0 unspecified atom stereocenters. The number of hydrogen-bond acceptors (Lipinski definition) is 4. The number of anilines is 2. The van der Waals surface area contributed by atoms with E-state index in [1.165, 1.54) is 5.56 Å². The van der Waals surface area contributed by atoms with Crippen LogP contribution in [0.1, 0.15) is 15.9 Å². The van der Waals surface area contributed by atoms with E-state index in [4.69, 9.17) is 4.74 Å². The molecule has 0 bridgehead atoms. The van der Waals surface area contributed by atoms with Crippen LogP contribution in [-0.4, -0.2) is 28.6 Å². The van der Waals surface area contributed by atoms with Gasteiger partial charge in [-0.2, -0.15) is 5.10 Å². The first-order valence-electron chi connectivity index (χ1n) is 10.2. The lowest BCUT2D eigenvalue weighted by molar-refractivity contribution is -0.111. The molecule has 7 nitrogen and oxygen atoms in total. The molecule has 0 aliphatic carbocycles. The Balaban J connectivity index is 1.41. The normalized spacial score (nSPS) is 12.1. The van der Waals surface area contributed by atoms with Gasteiger partial charge in [-0.3, -0.25) is 14.7 Å². The van der Waals surface area contributed by atoms with Crippen molar-refractivity contribution in [2.45, 2.75) is 6.42 Å². The molecule has 7 heteroatoms. The molecule has 0 spiro atoms. The maximum Gasteiger partial charge on any atom is 0.258 e. The number of ether oxygens (including phenoxy) is 1. The third-order valence-electron chi connectivity index (χ3n) is 5.43. The highest BCUT2D eigenvalue weighted by Gasteiger charge is 2.17. The molecule has 1 aliphatic rings. The largest absolute Gasteiger partial charge is 0.493 e. The van der Waals surface area contributed by atoms with Gasteiger partial charge < -0.3 is 15.4 Å². The lowest BCUT2D eigenvalue weighted by Crippen LogP contribution is -2.17. The van der Waals surface area contributed by atoms with Crippen molar-refractivity contribution in [3.63, 3.8) is 0 Å². The summed E-state index contributed by atoms with van der Waals surface area (Å²) in [5.74, 6) is 0.608. The number of H-pyrrole nitrogens is 1. The number of rotatable bonds is 5. The van der Waals surface area contributed by atoms with E-state index < -0.39 is 0 Å². The molecule has 0 radical (unpaired) electrons. The first-order valence-corrected chi connectivity index (χ1v) is 10.2. The van der Waals surface area contributed by atoms with Crippen LogP contribution in [0.4, 0.5) is 11.5 Å². The Morgan fingerprint density at radius 3 is 2.72 bits per heavy atom. The van der Waals surface area contributed by atoms with Crippen LogP contribution in [0.25, 0.3) is 22.0 Å². The Labute approximate surface area is 184 Å². The average molecular weight is 424 g/mol. The van der Waals surface area contributed by atoms with Gasteiger partial charge >= 0.3 is 0 Å². The molecule has 3 aromatic carbocycles. The van der Waals surface area contributed by atoms with Gasteiger partial charge in [-0.05, 0) is 59.2 Å². The molecule has 3 N–H and O–H groups in total. The first kappa shape index (κ1) is 19.6. The summed E-state index contributed by atoms with van der Waals surface area (Å²) in [6.45, 7) is 4.16. The van der Waals surface area contributed by atoms with Crippen LogP contribution < -0.4 is 15.4 Å². The molecule has 0 fully saturated rings. The zero-order chi connectivity index (χ0) is 22.1. The summed E-state index contributed by atoms with van der Waals surface area (Å²) in [4.78, 5) is 24.6. The van der Waals surface area contributed by atoms with Gasteiger partial charge in [0.2, 0.25) is 5.91 Å². The number of carbonyl (C=O) groups is 2. The van der Waals surface area contributed by atoms with Crippen LogP contribution in [0, 0.1) is 0 Å². The van der Waals surface area contributed by atoms with Crippen molar-refractivity contribution in [3.8, 4) is 16.9 Å². The van der Waals surface area contributed by atoms with Crippen LogP contribution in [0.3, 0.4) is 0 Å². The number of aromatic nitrogens is 2. The van der Waals surface area contributed by atoms with Crippen molar-refractivity contribution >= 4 is 34.2 Å². The zero-order valence-electron chi connectivity index (χ0n) is 17.1. The number of hydrogen-bond donors (Lipinski definition) is 3. The minimum Gasteiger partial charge on any atom is -0.493 e. The summed E-state index contributed by atoms with van der Waals surface area (Å²) in [5.41, 5.74) is 4.90. The van der Waals surface area contributed by atoms with E-state index in [1.807, 2.05) is 30.3 Å². The second-order valence-electron chi connectivity index (χ2n) is 7.45. The van der Waals surface area contributed by atoms with E-state index in [-0.39, 0.29) is 11.8 Å². The number of nitrogens with one attached hydrogen (secondary N) is 3. The Kier molecular flexibility index (Phi) is 4.91. The summed E-state index contributed by atoms with van der Waals surface area (Å²) in [6, 6.07) is 18.9. The second kappa shape index (κ2) is 8.03. The topological polar surface area (TPSA) is 96.1 Å². The minimum absolute atomic E-state index is 0.329. The second-order valence-corrected chi connectivity index (χ2v) is 7.45. The zero-order valence-corrected chi connectivity index (χ0v) is 17.1. The Morgan fingerprint density at radius 2 is 1.84 bits per heavy atom. The smallest absolute Gasteiger partial charge is 0.258 e. The minimum atomic E-state index is -0.388. The summed E-state index contributed by atoms with van der Waals surface area (Å²) in [6.07, 6.45) is 2.07. The predicted octanol–water partition coefficient (Wildman–Crippen LogP) is 4.54. The highest BCUT2D eigenvalue weighted by Crippen LogP contribution is 2.32. The van der Waals surface area contributed by atoms with E-state index in [1.54, 1.807) is 24.3 Å². The quantitative estimate of drug-likeness (QED) is 0.410. The lowest BCUT2D eigenvalue weighted by Gasteiger charge is -2.09. The first-order chi connectivity index (χ1) is 15.6. The predicted molar refractivity (Wildman–Crippen MR) is 124 cm³/mol. The number of aromatic amines is 1. The summed E-state index contributed by atoms with van der Waals surface area (Å²) < 4.78 is 5.59. The third kappa shape index (κ3) is 3.60. The van der Waals surface area contributed by atoms with Crippen molar-refractivity contribution in [1.82, 2.24) is 10.2 Å². The molecule has 4 aromatic rings. The summed E-state index contributed by atoms with van der Waals surface area (Å²) >= 11 is 0. The Hall–Kier alpha value is -4.39. The summed E-state index contributed by atoms with van der Waals surface area (Å²) in [5, 5.41) is 13.5. The van der Waals surface area contributed by atoms with E-state index in [0.717, 1.165) is 46.9 Å².